The summed E-state index contributed by atoms with van der Waals surface area (Å²) in [7, 11) is 1.92. The van der Waals surface area contributed by atoms with Crippen molar-refractivity contribution in [3.8, 4) is 28.3 Å². The maximum Gasteiger partial charge on any atom is 0.140 e. The van der Waals surface area contributed by atoms with Crippen molar-refractivity contribution in [3.63, 3.8) is 0 Å². The van der Waals surface area contributed by atoms with Crippen molar-refractivity contribution < 1.29 is 4.74 Å². The number of aromatic nitrogens is 6. The number of imidazole rings is 1. The molecule has 0 fully saturated rings. The summed E-state index contributed by atoms with van der Waals surface area (Å²) in [5.74, 6) is 1.51. The molecule has 3 N–H and O–H groups in total. The highest BCUT2D eigenvalue weighted by Crippen LogP contribution is 2.24. The zero-order valence-corrected chi connectivity index (χ0v) is 20.7. The van der Waals surface area contributed by atoms with Gasteiger partial charge in [0.2, 0.25) is 0 Å². The predicted octanol–water partition coefficient (Wildman–Crippen LogP) is 4.31. The molecule has 0 aliphatic carbocycles. The maximum atomic E-state index is 6.04. The molecule has 0 amide bonds. The summed E-state index contributed by atoms with van der Waals surface area (Å²) in [6.07, 6.45) is 9.96. The molecule has 4 heterocycles. The van der Waals surface area contributed by atoms with Gasteiger partial charge in [0.1, 0.15) is 23.5 Å². The van der Waals surface area contributed by atoms with Crippen molar-refractivity contribution in [3.05, 3.63) is 79.1 Å². The van der Waals surface area contributed by atoms with Gasteiger partial charge < -0.3 is 15.8 Å². The van der Waals surface area contributed by atoms with Crippen molar-refractivity contribution in [2.24, 2.45) is 12.8 Å². The van der Waals surface area contributed by atoms with Gasteiger partial charge in [-0.15, -0.1) is 0 Å². The molecule has 5 rings (SSSR count). The minimum atomic E-state index is -0.257. The highest BCUT2D eigenvalue weighted by Gasteiger charge is 2.12. The standard InChI is InChI=1S/C27H30N8O/c1-27(2,28)9-11-36-22-8-10-35-24(16-30-26(35)12-22)23-13-25(32-18-31-23)29-14-19-4-6-20(7-5-19)21-15-33-34(3)17-21/h4-8,10,12-13,15-18H,9,11,14,28H2,1-3H3,(H,29,31,32). The van der Waals surface area contributed by atoms with Gasteiger partial charge in [0.15, 0.2) is 0 Å². The van der Waals surface area contributed by atoms with E-state index in [1.165, 1.54) is 0 Å². The van der Waals surface area contributed by atoms with Gasteiger partial charge in [-0.05, 0) is 37.5 Å². The molecule has 0 atom stereocenters. The van der Waals surface area contributed by atoms with Crippen LogP contribution in [0.1, 0.15) is 25.8 Å². The number of anilines is 1. The Labute approximate surface area is 210 Å². The van der Waals surface area contributed by atoms with Crippen LogP contribution < -0.4 is 15.8 Å². The number of hydrogen-bond acceptors (Lipinski definition) is 7. The molecule has 0 aliphatic heterocycles. The summed E-state index contributed by atoms with van der Waals surface area (Å²) in [4.78, 5) is 13.4. The average molecular weight is 483 g/mol. The van der Waals surface area contributed by atoms with Crippen molar-refractivity contribution in [2.75, 3.05) is 11.9 Å². The number of rotatable bonds is 9. The van der Waals surface area contributed by atoms with Crippen LogP contribution in [0.3, 0.4) is 0 Å². The number of aryl methyl sites for hydroxylation is 1. The Morgan fingerprint density at radius 3 is 2.58 bits per heavy atom. The molecule has 5 aromatic rings. The highest BCUT2D eigenvalue weighted by molar-refractivity contribution is 5.64. The molecule has 0 unspecified atom stereocenters. The molecular weight excluding hydrogens is 452 g/mol. The molecule has 0 aliphatic rings. The van der Waals surface area contributed by atoms with E-state index in [0.717, 1.165) is 51.7 Å². The maximum absolute atomic E-state index is 6.04. The van der Waals surface area contributed by atoms with Crippen LogP contribution in [0, 0.1) is 0 Å². The minimum Gasteiger partial charge on any atom is -0.493 e. The van der Waals surface area contributed by atoms with E-state index < -0.39 is 0 Å². The summed E-state index contributed by atoms with van der Waals surface area (Å²) in [5, 5.41) is 7.63. The number of nitrogens with one attached hydrogen (secondary N) is 1. The number of benzene rings is 1. The van der Waals surface area contributed by atoms with E-state index in [-0.39, 0.29) is 5.54 Å². The van der Waals surface area contributed by atoms with Crippen molar-refractivity contribution >= 4 is 11.5 Å². The van der Waals surface area contributed by atoms with Crippen molar-refractivity contribution in [1.29, 1.82) is 0 Å². The second kappa shape index (κ2) is 9.79. The third-order valence-electron chi connectivity index (χ3n) is 5.90. The molecule has 0 bridgehead atoms. The topological polar surface area (TPSA) is 108 Å². The fraction of sp³-hybridized carbons (Fsp3) is 0.259. The average Bonchev–Trinajstić information content (AvgIpc) is 3.48. The molecule has 0 saturated carbocycles. The van der Waals surface area contributed by atoms with Gasteiger partial charge in [0.05, 0.1) is 30.4 Å². The van der Waals surface area contributed by atoms with E-state index >= 15 is 0 Å². The molecular formula is C27H30N8O. The zero-order chi connectivity index (χ0) is 25.1. The summed E-state index contributed by atoms with van der Waals surface area (Å²) in [6, 6.07) is 14.2. The van der Waals surface area contributed by atoms with Gasteiger partial charge in [-0.25, -0.2) is 15.0 Å². The van der Waals surface area contributed by atoms with E-state index in [1.54, 1.807) is 11.0 Å². The molecule has 4 aromatic heterocycles. The second-order valence-electron chi connectivity index (χ2n) is 9.56. The molecule has 9 heteroatoms. The smallest absolute Gasteiger partial charge is 0.140 e. The monoisotopic (exact) mass is 482 g/mol. The molecule has 0 spiro atoms. The Kier molecular flexibility index (Phi) is 6.39. The SMILES string of the molecule is Cn1cc(-c2ccc(CNc3cc(-c4cnc5cc(OCCC(C)(C)N)ccn45)ncn3)cc2)cn1. The quantitative estimate of drug-likeness (QED) is 0.322. The fourth-order valence-electron chi connectivity index (χ4n) is 3.85. The van der Waals surface area contributed by atoms with Crippen molar-refractivity contribution in [2.45, 2.75) is 32.4 Å². The first-order chi connectivity index (χ1) is 17.3. The van der Waals surface area contributed by atoms with Gasteiger partial charge >= 0.3 is 0 Å². The molecule has 9 nitrogen and oxygen atoms in total. The molecule has 0 saturated heterocycles. The second-order valence-corrected chi connectivity index (χ2v) is 9.56. The van der Waals surface area contributed by atoms with Crippen LogP contribution in [0.5, 0.6) is 5.75 Å². The number of fused-ring (bicyclic) bond motifs is 1. The largest absolute Gasteiger partial charge is 0.493 e. The third kappa shape index (κ3) is 5.52. The van der Waals surface area contributed by atoms with E-state index in [9.17, 15) is 0 Å². The molecule has 36 heavy (non-hydrogen) atoms. The van der Waals surface area contributed by atoms with Crippen molar-refractivity contribution in [1.82, 2.24) is 29.1 Å². The Bertz CT molecular complexity index is 1460. The van der Waals surface area contributed by atoms with Gasteiger partial charge in [0, 0.05) is 49.2 Å². The Morgan fingerprint density at radius 1 is 1.00 bits per heavy atom. The first kappa shape index (κ1) is 23.5. The van der Waals surface area contributed by atoms with Gasteiger partial charge in [-0.3, -0.25) is 9.08 Å². The summed E-state index contributed by atoms with van der Waals surface area (Å²) >= 11 is 0. The summed E-state index contributed by atoms with van der Waals surface area (Å²) in [5.41, 5.74) is 11.6. The number of nitrogens with zero attached hydrogens (tertiary/aromatic N) is 6. The number of ether oxygens (including phenoxy) is 1. The predicted molar refractivity (Wildman–Crippen MR) is 141 cm³/mol. The van der Waals surface area contributed by atoms with Gasteiger partial charge in [0.25, 0.3) is 0 Å². The zero-order valence-electron chi connectivity index (χ0n) is 20.7. The van der Waals surface area contributed by atoms with E-state index in [1.807, 2.05) is 68.3 Å². The van der Waals surface area contributed by atoms with Crippen LogP contribution >= 0.6 is 0 Å². The van der Waals surface area contributed by atoms with Crippen LogP contribution in [0.2, 0.25) is 0 Å². The van der Waals surface area contributed by atoms with E-state index in [2.05, 4.69) is 49.6 Å². The lowest BCUT2D eigenvalue weighted by molar-refractivity contribution is 0.274. The lowest BCUT2D eigenvalue weighted by atomic mass is 10.0. The molecule has 1 aromatic carbocycles. The lowest BCUT2D eigenvalue weighted by Crippen LogP contribution is -2.33. The van der Waals surface area contributed by atoms with Crippen LogP contribution in [0.4, 0.5) is 5.82 Å². The van der Waals surface area contributed by atoms with Crippen LogP contribution in [0.15, 0.2) is 73.6 Å². The first-order valence-electron chi connectivity index (χ1n) is 11.9. The summed E-state index contributed by atoms with van der Waals surface area (Å²) in [6.45, 7) is 5.19. The fourth-order valence-corrected chi connectivity index (χ4v) is 3.85. The molecule has 184 valence electrons. The van der Waals surface area contributed by atoms with Crippen LogP contribution in [-0.2, 0) is 13.6 Å². The third-order valence-corrected chi connectivity index (χ3v) is 5.90. The number of nitrogens with two attached hydrogens (primary N) is 1. The van der Waals surface area contributed by atoms with E-state index in [4.69, 9.17) is 10.5 Å². The number of hydrogen-bond donors (Lipinski definition) is 2. The van der Waals surface area contributed by atoms with Gasteiger partial charge in [-0.2, -0.15) is 5.10 Å². The minimum absolute atomic E-state index is 0.257. The van der Waals surface area contributed by atoms with Gasteiger partial charge in [-0.1, -0.05) is 24.3 Å². The normalized spacial score (nSPS) is 11.7. The molecule has 0 radical (unpaired) electrons. The van der Waals surface area contributed by atoms with E-state index in [0.29, 0.717) is 13.2 Å². The van der Waals surface area contributed by atoms with Crippen LogP contribution in [0.25, 0.3) is 28.2 Å². The van der Waals surface area contributed by atoms with Crippen LogP contribution in [-0.4, -0.2) is 41.3 Å². The Morgan fingerprint density at radius 2 is 1.83 bits per heavy atom. The summed E-state index contributed by atoms with van der Waals surface area (Å²) < 4.78 is 9.65. The Hall–Kier alpha value is -4.24. The number of pyridine rings is 1. The first-order valence-corrected chi connectivity index (χ1v) is 11.9. The highest BCUT2D eigenvalue weighted by atomic mass is 16.5. The Balaban J connectivity index is 1.26. The lowest BCUT2D eigenvalue weighted by Gasteiger charge is -2.18.